The van der Waals surface area contributed by atoms with Crippen molar-refractivity contribution in [1.29, 1.82) is 0 Å². The van der Waals surface area contributed by atoms with Crippen LogP contribution in [0.25, 0.3) is 17.4 Å². The molecule has 9 heteroatoms. The summed E-state index contributed by atoms with van der Waals surface area (Å²) in [5.74, 6) is -0.675. The highest BCUT2D eigenvalue weighted by molar-refractivity contribution is 8.26. The molecule has 5 nitrogen and oxygen atoms in total. The molecule has 1 fully saturated rings. The van der Waals surface area contributed by atoms with Crippen LogP contribution in [0.2, 0.25) is 10.0 Å². The normalized spacial score (nSPS) is 16.1. The summed E-state index contributed by atoms with van der Waals surface area (Å²) in [7, 11) is 0. The lowest BCUT2D eigenvalue weighted by atomic mass is 10.2. The Hall–Kier alpha value is -1.80. The fourth-order valence-corrected chi connectivity index (χ4v) is 3.80. The molecule has 0 bridgehead atoms. The number of aliphatic carboxylic acids is 1. The summed E-state index contributed by atoms with van der Waals surface area (Å²) in [6.07, 6.45) is 1.52. The number of carboxylic acids is 1. The van der Waals surface area contributed by atoms with Gasteiger partial charge in [0.1, 0.15) is 22.4 Å². The van der Waals surface area contributed by atoms with Gasteiger partial charge in [0.05, 0.1) is 15.0 Å². The fourth-order valence-electron chi connectivity index (χ4n) is 2.17. The number of carbonyl (C=O) groups excluding carboxylic acids is 1. The quantitative estimate of drug-likeness (QED) is 0.585. The van der Waals surface area contributed by atoms with Gasteiger partial charge in [-0.15, -0.1) is 0 Å². The van der Waals surface area contributed by atoms with Gasteiger partial charge in [0, 0.05) is 11.6 Å². The molecule has 128 valence electrons. The number of halogens is 2. The molecule has 1 N–H and O–H groups in total. The number of carboxylic acid groups (broad SMARTS) is 1. The summed E-state index contributed by atoms with van der Waals surface area (Å²) in [5, 5.41) is 9.62. The van der Waals surface area contributed by atoms with Crippen LogP contribution in [0.1, 0.15) is 5.76 Å². The Bertz CT molecular complexity index is 923. The van der Waals surface area contributed by atoms with Gasteiger partial charge in [-0.3, -0.25) is 14.5 Å². The Kier molecular flexibility index (Phi) is 5.19. The molecule has 1 aromatic carbocycles. The topological polar surface area (TPSA) is 70.8 Å². The molecule has 1 aliphatic rings. The minimum Gasteiger partial charge on any atom is -0.480 e. The van der Waals surface area contributed by atoms with Crippen molar-refractivity contribution in [3.8, 4) is 11.3 Å². The van der Waals surface area contributed by atoms with Crippen LogP contribution in [0.5, 0.6) is 0 Å². The number of furan rings is 1. The standard InChI is InChI=1S/C16H9Cl2NO4S2/c17-10-3-1-2-9(14(10)18)11-5-4-8(23-11)6-12-15(22)19(7-13(20)21)16(24)25-12/h1-6H,7H2,(H,20,21)/b12-6-. The van der Waals surface area contributed by atoms with Gasteiger partial charge < -0.3 is 9.52 Å². The molecule has 0 saturated carbocycles. The lowest BCUT2D eigenvalue weighted by Gasteiger charge is -2.09. The van der Waals surface area contributed by atoms with Crippen molar-refractivity contribution in [2.45, 2.75) is 0 Å². The molecule has 0 unspecified atom stereocenters. The molecular weight excluding hydrogens is 405 g/mol. The van der Waals surface area contributed by atoms with E-state index in [0.717, 1.165) is 16.7 Å². The Morgan fingerprint density at radius 3 is 2.80 bits per heavy atom. The van der Waals surface area contributed by atoms with E-state index in [2.05, 4.69) is 0 Å². The van der Waals surface area contributed by atoms with Crippen LogP contribution >= 0.6 is 47.2 Å². The zero-order valence-electron chi connectivity index (χ0n) is 12.4. The maximum Gasteiger partial charge on any atom is 0.323 e. The molecule has 3 rings (SSSR count). The maximum atomic E-state index is 12.2. The van der Waals surface area contributed by atoms with Gasteiger partial charge >= 0.3 is 5.97 Å². The summed E-state index contributed by atoms with van der Waals surface area (Å²) < 4.78 is 5.90. The molecule has 1 amide bonds. The number of carbonyl (C=O) groups is 2. The van der Waals surface area contributed by atoms with Gasteiger partial charge in [-0.2, -0.15) is 0 Å². The summed E-state index contributed by atoms with van der Waals surface area (Å²) in [6, 6.07) is 8.58. The van der Waals surface area contributed by atoms with Crippen LogP contribution in [0, 0.1) is 0 Å². The minimum absolute atomic E-state index is 0.198. The molecule has 1 saturated heterocycles. The summed E-state index contributed by atoms with van der Waals surface area (Å²) in [5.41, 5.74) is 0.632. The summed E-state index contributed by atoms with van der Waals surface area (Å²) in [4.78, 5) is 24.4. The van der Waals surface area contributed by atoms with Crippen molar-refractivity contribution in [3.05, 3.63) is 51.0 Å². The van der Waals surface area contributed by atoms with Gasteiger partial charge in [-0.1, -0.05) is 53.2 Å². The Morgan fingerprint density at radius 2 is 2.08 bits per heavy atom. The van der Waals surface area contributed by atoms with Gasteiger partial charge in [0.15, 0.2) is 0 Å². The van der Waals surface area contributed by atoms with Crippen molar-refractivity contribution in [2.24, 2.45) is 0 Å². The van der Waals surface area contributed by atoms with Crippen molar-refractivity contribution in [2.75, 3.05) is 6.54 Å². The van der Waals surface area contributed by atoms with Gasteiger partial charge in [-0.05, 0) is 24.3 Å². The third kappa shape index (κ3) is 3.74. The van der Waals surface area contributed by atoms with Crippen molar-refractivity contribution in [1.82, 2.24) is 4.90 Å². The largest absolute Gasteiger partial charge is 0.480 e. The van der Waals surface area contributed by atoms with E-state index in [1.54, 1.807) is 30.3 Å². The van der Waals surface area contributed by atoms with Crippen molar-refractivity contribution >= 4 is 69.5 Å². The highest BCUT2D eigenvalue weighted by atomic mass is 35.5. The lowest BCUT2D eigenvalue weighted by molar-refractivity contribution is -0.140. The number of amides is 1. The third-order valence-corrected chi connectivity index (χ3v) is 5.48. The Labute approximate surface area is 162 Å². The predicted molar refractivity (Wildman–Crippen MR) is 102 cm³/mol. The zero-order valence-corrected chi connectivity index (χ0v) is 15.5. The first-order chi connectivity index (χ1) is 11.9. The van der Waals surface area contributed by atoms with Crippen molar-refractivity contribution in [3.63, 3.8) is 0 Å². The molecule has 2 aromatic rings. The second-order valence-electron chi connectivity index (χ2n) is 4.96. The second-order valence-corrected chi connectivity index (χ2v) is 7.43. The van der Waals surface area contributed by atoms with E-state index >= 15 is 0 Å². The highest BCUT2D eigenvalue weighted by Gasteiger charge is 2.33. The van der Waals surface area contributed by atoms with Crippen molar-refractivity contribution < 1.29 is 19.1 Å². The van der Waals surface area contributed by atoms with E-state index in [9.17, 15) is 9.59 Å². The number of thiocarbonyl (C=S) groups is 1. The van der Waals surface area contributed by atoms with Crippen LogP contribution in [0.15, 0.2) is 39.7 Å². The highest BCUT2D eigenvalue weighted by Crippen LogP contribution is 2.36. The first-order valence-electron chi connectivity index (χ1n) is 6.88. The third-order valence-electron chi connectivity index (χ3n) is 3.28. The molecular formula is C16H9Cl2NO4S2. The van der Waals surface area contributed by atoms with Gasteiger partial charge in [0.2, 0.25) is 0 Å². The molecule has 0 radical (unpaired) electrons. The Balaban J connectivity index is 1.87. The first-order valence-corrected chi connectivity index (χ1v) is 8.86. The second kappa shape index (κ2) is 7.21. The number of nitrogens with zero attached hydrogens (tertiary/aromatic N) is 1. The lowest BCUT2D eigenvalue weighted by Crippen LogP contribution is -2.33. The number of benzene rings is 1. The molecule has 25 heavy (non-hydrogen) atoms. The molecule has 1 aromatic heterocycles. The summed E-state index contributed by atoms with van der Waals surface area (Å²) >= 11 is 18.2. The number of rotatable bonds is 4. The minimum atomic E-state index is -1.13. The fraction of sp³-hybridized carbons (Fsp3) is 0.0625. The molecule has 0 spiro atoms. The van der Waals surface area contributed by atoms with Crippen LogP contribution in [-0.2, 0) is 9.59 Å². The average Bonchev–Trinajstić information content (AvgIpc) is 3.11. The average molecular weight is 414 g/mol. The number of thioether (sulfide) groups is 1. The first kappa shape index (κ1) is 18.0. The SMILES string of the molecule is O=C(O)CN1C(=O)/C(=C/c2ccc(-c3cccc(Cl)c3Cl)o2)SC1=S. The smallest absolute Gasteiger partial charge is 0.323 e. The summed E-state index contributed by atoms with van der Waals surface area (Å²) in [6.45, 7) is -0.469. The monoisotopic (exact) mass is 413 g/mol. The Morgan fingerprint density at radius 1 is 1.32 bits per heavy atom. The molecule has 1 aliphatic heterocycles. The molecule has 0 atom stereocenters. The van der Waals surface area contributed by atoms with Gasteiger partial charge in [-0.25, -0.2) is 0 Å². The molecule has 0 aliphatic carbocycles. The van der Waals surface area contributed by atoms with Crippen LogP contribution in [0.4, 0.5) is 0 Å². The van der Waals surface area contributed by atoms with E-state index < -0.39 is 18.4 Å². The van der Waals surface area contributed by atoms with E-state index in [1.807, 2.05) is 0 Å². The van der Waals surface area contributed by atoms with Gasteiger partial charge in [0.25, 0.3) is 5.91 Å². The van der Waals surface area contributed by atoms with E-state index in [-0.39, 0.29) is 4.32 Å². The maximum absolute atomic E-state index is 12.2. The van der Waals surface area contributed by atoms with Crippen LogP contribution in [-0.4, -0.2) is 32.7 Å². The molecule has 2 heterocycles. The van der Waals surface area contributed by atoms with E-state index in [4.69, 9.17) is 44.9 Å². The van der Waals surface area contributed by atoms with E-state index in [0.29, 0.717) is 32.0 Å². The van der Waals surface area contributed by atoms with Crippen LogP contribution in [0.3, 0.4) is 0 Å². The van der Waals surface area contributed by atoms with E-state index in [1.165, 1.54) is 6.08 Å². The zero-order chi connectivity index (χ0) is 18.1. The predicted octanol–water partition coefficient (Wildman–Crippen LogP) is 4.54. The number of hydrogen-bond donors (Lipinski definition) is 1. The number of hydrogen-bond acceptors (Lipinski definition) is 5. The van der Waals surface area contributed by atoms with Crippen LogP contribution < -0.4 is 0 Å².